The summed E-state index contributed by atoms with van der Waals surface area (Å²) in [7, 11) is 0. The first-order valence-electron chi connectivity index (χ1n) is 7.68. The van der Waals surface area contributed by atoms with Crippen molar-refractivity contribution in [2.24, 2.45) is 5.73 Å². The van der Waals surface area contributed by atoms with E-state index in [1.165, 1.54) is 0 Å². The van der Waals surface area contributed by atoms with Gasteiger partial charge in [-0.15, -0.1) is 5.10 Å². The van der Waals surface area contributed by atoms with Gasteiger partial charge in [-0.05, 0) is 45.4 Å². The Hall–Kier alpha value is -1.43. The van der Waals surface area contributed by atoms with Crippen LogP contribution < -0.4 is 5.73 Å². The SMILES string of the molecule is CCN(C(=O)c1n[nH]c(C2CC2)n1)C1CCC(N)CC1. The maximum absolute atomic E-state index is 12.6. The fraction of sp³-hybridized carbons (Fsp3) is 0.786. The van der Waals surface area contributed by atoms with Crippen LogP contribution in [0.5, 0.6) is 0 Å². The zero-order chi connectivity index (χ0) is 14.1. The largest absolute Gasteiger partial charge is 0.333 e. The lowest BCUT2D eigenvalue weighted by Crippen LogP contribution is -2.44. The molecule has 110 valence electrons. The number of amides is 1. The van der Waals surface area contributed by atoms with Gasteiger partial charge in [0.1, 0.15) is 5.82 Å². The molecule has 1 aromatic heterocycles. The average Bonchev–Trinajstić information content (AvgIpc) is 3.19. The van der Waals surface area contributed by atoms with Crippen molar-refractivity contribution in [1.29, 1.82) is 0 Å². The minimum Gasteiger partial charge on any atom is -0.333 e. The van der Waals surface area contributed by atoms with Crippen LogP contribution in [0.25, 0.3) is 0 Å². The van der Waals surface area contributed by atoms with Crippen molar-refractivity contribution in [3.05, 3.63) is 11.6 Å². The lowest BCUT2D eigenvalue weighted by atomic mass is 9.90. The molecule has 0 radical (unpaired) electrons. The molecule has 0 aliphatic heterocycles. The zero-order valence-electron chi connectivity index (χ0n) is 12.0. The van der Waals surface area contributed by atoms with Crippen LogP contribution in [0.1, 0.15) is 67.8 Å². The van der Waals surface area contributed by atoms with Crippen molar-refractivity contribution in [2.75, 3.05) is 6.54 Å². The van der Waals surface area contributed by atoms with E-state index in [0.717, 1.165) is 44.3 Å². The van der Waals surface area contributed by atoms with E-state index >= 15 is 0 Å². The Bertz CT molecular complexity index is 474. The lowest BCUT2D eigenvalue weighted by Gasteiger charge is -2.34. The number of nitrogens with one attached hydrogen (secondary N) is 1. The van der Waals surface area contributed by atoms with Crippen molar-refractivity contribution < 1.29 is 4.79 Å². The first kappa shape index (κ1) is 13.5. The Balaban J connectivity index is 1.69. The molecule has 2 aliphatic carbocycles. The third-order valence-electron chi connectivity index (χ3n) is 4.44. The number of aromatic amines is 1. The highest BCUT2D eigenvalue weighted by Crippen LogP contribution is 2.37. The predicted molar refractivity (Wildman–Crippen MR) is 75.3 cm³/mol. The highest BCUT2D eigenvalue weighted by atomic mass is 16.2. The maximum atomic E-state index is 12.6. The number of carbonyl (C=O) groups is 1. The van der Waals surface area contributed by atoms with E-state index in [2.05, 4.69) is 15.2 Å². The number of nitrogens with zero attached hydrogens (tertiary/aromatic N) is 3. The van der Waals surface area contributed by atoms with Crippen LogP contribution in [0.2, 0.25) is 0 Å². The molecule has 20 heavy (non-hydrogen) atoms. The maximum Gasteiger partial charge on any atom is 0.293 e. The molecule has 2 fully saturated rings. The second-order valence-electron chi connectivity index (χ2n) is 5.98. The smallest absolute Gasteiger partial charge is 0.293 e. The second kappa shape index (κ2) is 5.52. The molecule has 0 bridgehead atoms. The molecule has 6 nitrogen and oxygen atoms in total. The van der Waals surface area contributed by atoms with E-state index < -0.39 is 0 Å². The summed E-state index contributed by atoms with van der Waals surface area (Å²) >= 11 is 0. The summed E-state index contributed by atoms with van der Waals surface area (Å²) in [5.41, 5.74) is 5.94. The van der Waals surface area contributed by atoms with Crippen molar-refractivity contribution in [1.82, 2.24) is 20.1 Å². The summed E-state index contributed by atoms with van der Waals surface area (Å²) in [4.78, 5) is 18.8. The van der Waals surface area contributed by atoms with Gasteiger partial charge in [0.15, 0.2) is 0 Å². The minimum absolute atomic E-state index is 0.0453. The van der Waals surface area contributed by atoms with E-state index in [4.69, 9.17) is 5.73 Å². The molecule has 1 amide bonds. The number of hydrogen-bond acceptors (Lipinski definition) is 4. The number of nitrogens with two attached hydrogens (primary N) is 1. The van der Waals surface area contributed by atoms with Crippen LogP contribution in [0.15, 0.2) is 0 Å². The number of H-pyrrole nitrogens is 1. The summed E-state index contributed by atoms with van der Waals surface area (Å²) < 4.78 is 0. The third kappa shape index (κ3) is 2.70. The van der Waals surface area contributed by atoms with Gasteiger partial charge >= 0.3 is 0 Å². The van der Waals surface area contributed by atoms with Gasteiger partial charge in [-0.1, -0.05) is 0 Å². The van der Waals surface area contributed by atoms with Crippen molar-refractivity contribution in [3.8, 4) is 0 Å². The van der Waals surface area contributed by atoms with Crippen molar-refractivity contribution >= 4 is 5.91 Å². The van der Waals surface area contributed by atoms with E-state index in [-0.39, 0.29) is 11.9 Å². The molecule has 6 heteroatoms. The summed E-state index contributed by atoms with van der Waals surface area (Å²) in [5, 5.41) is 7.01. The van der Waals surface area contributed by atoms with Crippen molar-refractivity contribution in [2.45, 2.75) is 63.5 Å². The van der Waals surface area contributed by atoms with Gasteiger partial charge in [0.25, 0.3) is 5.91 Å². The number of aromatic nitrogens is 3. The van der Waals surface area contributed by atoms with E-state index in [9.17, 15) is 4.79 Å². The molecule has 0 aromatic carbocycles. The molecule has 0 unspecified atom stereocenters. The molecule has 1 heterocycles. The monoisotopic (exact) mass is 277 g/mol. The fourth-order valence-corrected chi connectivity index (χ4v) is 3.02. The van der Waals surface area contributed by atoms with Gasteiger partial charge in [0.2, 0.25) is 5.82 Å². The summed E-state index contributed by atoms with van der Waals surface area (Å²) in [6.07, 6.45) is 6.27. The second-order valence-corrected chi connectivity index (χ2v) is 5.98. The van der Waals surface area contributed by atoms with Crippen LogP contribution in [0.3, 0.4) is 0 Å². The Morgan fingerprint density at radius 1 is 1.30 bits per heavy atom. The van der Waals surface area contributed by atoms with Gasteiger partial charge in [-0.2, -0.15) is 0 Å². The lowest BCUT2D eigenvalue weighted by molar-refractivity contribution is 0.0628. The van der Waals surface area contributed by atoms with Crippen LogP contribution in [0, 0.1) is 0 Å². The molecule has 2 saturated carbocycles. The van der Waals surface area contributed by atoms with Gasteiger partial charge < -0.3 is 10.6 Å². The molecule has 0 spiro atoms. The summed E-state index contributed by atoms with van der Waals surface area (Å²) in [6, 6.07) is 0.584. The molecule has 3 N–H and O–H groups in total. The normalized spacial score (nSPS) is 26.5. The molecule has 1 aromatic rings. The van der Waals surface area contributed by atoms with Gasteiger partial charge in [-0.25, -0.2) is 4.98 Å². The predicted octanol–water partition coefficient (Wildman–Crippen LogP) is 1.41. The highest BCUT2D eigenvalue weighted by molar-refractivity contribution is 5.90. The summed E-state index contributed by atoms with van der Waals surface area (Å²) in [6.45, 7) is 2.72. The topological polar surface area (TPSA) is 87.9 Å². The Morgan fingerprint density at radius 2 is 2.00 bits per heavy atom. The molecule has 3 rings (SSSR count). The van der Waals surface area contributed by atoms with E-state index in [0.29, 0.717) is 24.3 Å². The van der Waals surface area contributed by atoms with Crippen LogP contribution in [0.4, 0.5) is 0 Å². The van der Waals surface area contributed by atoms with Crippen LogP contribution in [-0.2, 0) is 0 Å². The third-order valence-corrected chi connectivity index (χ3v) is 4.44. The number of carbonyl (C=O) groups excluding carboxylic acids is 1. The molecule has 0 atom stereocenters. The van der Waals surface area contributed by atoms with Gasteiger partial charge in [0.05, 0.1) is 0 Å². The standard InChI is InChI=1S/C14H23N5O/c1-2-19(11-7-5-10(15)6-8-11)14(20)13-16-12(17-18-13)9-3-4-9/h9-11H,2-8,15H2,1H3,(H,16,17,18). The molecule has 0 saturated heterocycles. The Labute approximate surface area is 119 Å². The number of hydrogen-bond donors (Lipinski definition) is 2. The number of rotatable bonds is 4. The van der Waals surface area contributed by atoms with E-state index in [1.807, 2.05) is 11.8 Å². The van der Waals surface area contributed by atoms with Gasteiger partial charge in [-0.3, -0.25) is 9.89 Å². The molecular formula is C14H23N5O. The quantitative estimate of drug-likeness (QED) is 0.871. The molecule has 2 aliphatic rings. The molecular weight excluding hydrogens is 254 g/mol. The summed E-state index contributed by atoms with van der Waals surface area (Å²) in [5.74, 6) is 1.64. The highest BCUT2D eigenvalue weighted by Gasteiger charge is 2.31. The van der Waals surface area contributed by atoms with Gasteiger partial charge in [0, 0.05) is 24.5 Å². The first-order chi connectivity index (χ1) is 9.69. The average molecular weight is 277 g/mol. The van der Waals surface area contributed by atoms with Crippen LogP contribution >= 0.6 is 0 Å². The zero-order valence-corrected chi connectivity index (χ0v) is 12.0. The first-order valence-corrected chi connectivity index (χ1v) is 7.68. The fourth-order valence-electron chi connectivity index (χ4n) is 3.02. The Morgan fingerprint density at radius 3 is 2.60 bits per heavy atom. The minimum atomic E-state index is -0.0453. The Kier molecular flexibility index (Phi) is 3.74. The van der Waals surface area contributed by atoms with Crippen LogP contribution in [-0.4, -0.2) is 44.6 Å². The van der Waals surface area contributed by atoms with E-state index in [1.54, 1.807) is 0 Å². The van der Waals surface area contributed by atoms with Crippen molar-refractivity contribution in [3.63, 3.8) is 0 Å².